The van der Waals surface area contributed by atoms with Crippen molar-refractivity contribution >= 4 is 67.4 Å². The van der Waals surface area contributed by atoms with E-state index in [9.17, 15) is 18.0 Å². The number of thioether (sulfide) groups is 2. The molecule has 9 nitrogen and oxygen atoms in total. The summed E-state index contributed by atoms with van der Waals surface area (Å²) in [7, 11) is -0.610. The predicted octanol–water partition coefficient (Wildman–Crippen LogP) is 12.0. The minimum Gasteiger partial charge on any atom is -0.465 e. The molecule has 61 heavy (non-hydrogen) atoms. The van der Waals surface area contributed by atoms with E-state index in [1.54, 1.807) is 11.8 Å². The van der Waals surface area contributed by atoms with E-state index in [2.05, 4.69) is 52.0 Å². The van der Waals surface area contributed by atoms with Gasteiger partial charge >= 0.3 is 11.9 Å². The number of carbonyl (C=O) groups excluding carboxylic acids is 2. The van der Waals surface area contributed by atoms with Crippen LogP contribution in [-0.2, 0) is 30.3 Å². The lowest BCUT2D eigenvalue weighted by Gasteiger charge is -2.23. The van der Waals surface area contributed by atoms with Gasteiger partial charge in [-0.05, 0) is 85.0 Å². The zero-order chi connectivity index (χ0) is 42.5. The van der Waals surface area contributed by atoms with Gasteiger partial charge in [-0.2, -0.15) is 8.42 Å². The molecule has 6 aromatic rings. The van der Waals surface area contributed by atoms with Crippen molar-refractivity contribution in [2.75, 3.05) is 38.6 Å². The second kappa shape index (κ2) is 19.3. The van der Waals surface area contributed by atoms with Gasteiger partial charge in [0.15, 0.2) is 0 Å². The van der Waals surface area contributed by atoms with Crippen LogP contribution in [0.3, 0.4) is 0 Å². The lowest BCUT2D eigenvalue weighted by Crippen LogP contribution is -2.07. The summed E-state index contributed by atoms with van der Waals surface area (Å²) < 4.78 is 39.8. The number of aromatic nitrogens is 2. The molecule has 0 radical (unpaired) electrons. The molecule has 12 heteroatoms. The summed E-state index contributed by atoms with van der Waals surface area (Å²) in [6.07, 6.45) is 13.6. The van der Waals surface area contributed by atoms with Crippen LogP contribution in [0.25, 0.3) is 44.3 Å². The minimum atomic E-state index is -3.45. The van der Waals surface area contributed by atoms with Gasteiger partial charge < -0.3 is 19.0 Å². The van der Waals surface area contributed by atoms with Gasteiger partial charge in [-0.15, -0.1) is 23.5 Å². The Morgan fingerprint density at radius 1 is 0.754 bits per heavy atom. The third-order valence-electron chi connectivity index (χ3n) is 12.3. The zero-order valence-electron chi connectivity index (χ0n) is 35.2. The van der Waals surface area contributed by atoms with Crippen LogP contribution in [-0.4, -0.2) is 68.5 Å². The third kappa shape index (κ3) is 9.48. The highest BCUT2D eigenvalue weighted by atomic mass is 32.2. The van der Waals surface area contributed by atoms with Gasteiger partial charge in [0.1, 0.15) is 0 Å². The average Bonchev–Trinajstić information content (AvgIpc) is 3.76. The van der Waals surface area contributed by atoms with Gasteiger partial charge in [0, 0.05) is 60.8 Å². The van der Waals surface area contributed by atoms with E-state index in [0.29, 0.717) is 28.7 Å². The summed E-state index contributed by atoms with van der Waals surface area (Å²) in [6, 6.07) is 28.8. The number of nitrogens with one attached hydrogen (secondary N) is 1. The number of hydrogen-bond acceptors (Lipinski definition) is 9. The highest BCUT2D eigenvalue weighted by Gasteiger charge is 2.30. The van der Waals surface area contributed by atoms with Crippen molar-refractivity contribution < 1.29 is 31.7 Å². The monoisotopic (exact) mass is 878 g/mol. The van der Waals surface area contributed by atoms with E-state index in [4.69, 9.17) is 13.7 Å². The first-order chi connectivity index (χ1) is 29.6. The maximum absolute atomic E-state index is 12.2. The summed E-state index contributed by atoms with van der Waals surface area (Å²) in [6.45, 7) is 1.09. The standard InChI is InChI=1S/C25H29NO5S2.C24H25NO2S/c1-30-25(27)18-12-13-19-21(16-18)26-24(23(19)17-8-4-3-5-9-17)20-10-6-7-11-22(20)32-15-14-31-33(2,28)29;1-27-24(26)17-11-12-18-20(15-17)25-13-14-28-21-10-6-5-9-19(21)23(25)22(18)16-7-3-2-4-8-16/h6-7,10-13,16-17,26H,3-5,8-9,14-15H2,1-2H3;5-6,9-12,15-16H,2-4,7-8,13-14H2,1H3. The third-order valence-corrected chi connectivity index (χ3v) is 15.0. The number of aromatic amines is 1. The van der Waals surface area contributed by atoms with Crippen LogP contribution in [0.5, 0.6) is 0 Å². The number of aryl methyl sites for hydroxylation is 1. The summed E-state index contributed by atoms with van der Waals surface area (Å²) in [5.41, 5.74) is 11.0. The second-order valence-corrected chi connectivity index (χ2v) is 20.1. The number of hydrogen-bond donors (Lipinski definition) is 1. The molecule has 3 heterocycles. The number of benzene rings is 4. The first-order valence-corrected chi connectivity index (χ1v) is 25.2. The molecule has 0 atom stereocenters. The van der Waals surface area contributed by atoms with Crippen LogP contribution in [0.2, 0.25) is 0 Å². The number of ether oxygens (including phenoxy) is 2. The maximum atomic E-state index is 12.2. The number of esters is 2. The van der Waals surface area contributed by atoms with E-state index in [0.717, 1.165) is 58.5 Å². The van der Waals surface area contributed by atoms with Crippen LogP contribution in [0, 0.1) is 0 Å². The fourth-order valence-electron chi connectivity index (χ4n) is 9.61. The number of fused-ring (bicyclic) bond motifs is 6. The van der Waals surface area contributed by atoms with Crippen molar-refractivity contribution in [3.8, 4) is 22.5 Å². The molecule has 0 unspecified atom stereocenters. The average molecular weight is 879 g/mol. The second-order valence-electron chi connectivity index (χ2n) is 16.2. The highest BCUT2D eigenvalue weighted by Crippen LogP contribution is 2.48. The molecule has 2 aromatic heterocycles. The zero-order valence-corrected chi connectivity index (χ0v) is 37.6. The molecule has 2 saturated carbocycles. The van der Waals surface area contributed by atoms with Crippen LogP contribution in [0.4, 0.5) is 0 Å². The fourth-order valence-corrected chi connectivity index (χ4v) is 12.0. The fraction of sp³-hybridized carbons (Fsp3) is 0.388. The number of carbonyl (C=O) groups is 2. The predicted molar refractivity (Wildman–Crippen MR) is 248 cm³/mol. The Morgan fingerprint density at radius 2 is 1.36 bits per heavy atom. The number of nitrogens with zero attached hydrogens (tertiary/aromatic N) is 1. The molecule has 2 aliphatic carbocycles. The molecule has 0 spiro atoms. The Bertz CT molecular complexity index is 2650. The van der Waals surface area contributed by atoms with Gasteiger partial charge in [-0.25, -0.2) is 9.59 Å². The maximum Gasteiger partial charge on any atom is 0.337 e. The van der Waals surface area contributed by atoms with Gasteiger partial charge in [0.25, 0.3) is 10.1 Å². The Morgan fingerprint density at radius 3 is 2.03 bits per heavy atom. The van der Waals surface area contributed by atoms with Gasteiger partial charge in [-0.3, -0.25) is 4.18 Å². The number of rotatable bonds is 10. The van der Waals surface area contributed by atoms with Crippen molar-refractivity contribution in [2.45, 2.75) is 92.4 Å². The van der Waals surface area contributed by atoms with E-state index < -0.39 is 10.1 Å². The Labute approximate surface area is 367 Å². The lowest BCUT2D eigenvalue weighted by molar-refractivity contribution is 0.0592. The normalized spacial score (nSPS) is 16.0. The Hall–Kier alpha value is -4.49. The summed E-state index contributed by atoms with van der Waals surface area (Å²) in [5.74, 6) is 2.01. The lowest BCUT2D eigenvalue weighted by atomic mass is 9.81. The quantitative estimate of drug-likeness (QED) is 0.0621. The summed E-state index contributed by atoms with van der Waals surface area (Å²) >= 11 is 3.51. The van der Waals surface area contributed by atoms with E-state index in [1.165, 1.54) is 104 Å². The minimum absolute atomic E-state index is 0.127. The van der Waals surface area contributed by atoms with Crippen LogP contribution < -0.4 is 0 Å². The Kier molecular flexibility index (Phi) is 13.6. The molecule has 1 aliphatic heterocycles. The van der Waals surface area contributed by atoms with Crippen molar-refractivity contribution in [2.24, 2.45) is 0 Å². The number of H-pyrrole nitrogens is 1. The molecule has 4 aromatic carbocycles. The molecule has 0 bridgehead atoms. The molecule has 1 N–H and O–H groups in total. The van der Waals surface area contributed by atoms with Crippen molar-refractivity contribution in [3.05, 3.63) is 107 Å². The largest absolute Gasteiger partial charge is 0.465 e. The molecular weight excluding hydrogens is 825 g/mol. The van der Waals surface area contributed by atoms with E-state index >= 15 is 0 Å². The highest BCUT2D eigenvalue weighted by molar-refractivity contribution is 7.99. The molecule has 320 valence electrons. The first-order valence-electron chi connectivity index (χ1n) is 21.4. The van der Waals surface area contributed by atoms with Crippen LogP contribution in [0.1, 0.15) is 108 Å². The van der Waals surface area contributed by atoms with Crippen molar-refractivity contribution in [1.29, 1.82) is 0 Å². The van der Waals surface area contributed by atoms with Gasteiger partial charge in [0.05, 0.1) is 49.6 Å². The molecule has 3 aliphatic rings. The molecule has 0 saturated heterocycles. The van der Waals surface area contributed by atoms with E-state index in [1.807, 2.05) is 54.2 Å². The molecule has 2 fully saturated rings. The van der Waals surface area contributed by atoms with Crippen molar-refractivity contribution in [3.63, 3.8) is 0 Å². The van der Waals surface area contributed by atoms with Crippen LogP contribution >= 0.6 is 23.5 Å². The molecule has 9 rings (SSSR count). The summed E-state index contributed by atoms with van der Waals surface area (Å²) in [5, 5.41) is 2.46. The van der Waals surface area contributed by atoms with Gasteiger partial charge in [0.2, 0.25) is 0 Å². The SMILES string of the molecule is COC(=O)c1ccc2c(C3CCCCC3)c(-c3ccccc3SCCOS(C)(=O)=O)[nH]c2c1.COC(=O)c1ccc2c(C3CCCCC3)c3n(c2c1)CCSc1ccccc1-3. The van der Waals surface area contributed by atoms with E-state index in [-0.39, 0.29) is 18.5 Å². The van der Waals surface area contributed by atoms with Gasteiger partial charge in [-0.1, -0.05) is 87.1 Å². The molecular formula is C49H54N2O7S3. The molecule has 0 amide bonds. The first kappa shape index (κ1) is 43.2. The smallest absolute Gasteiger partial charge is 0.337 e. The topological polar surface area (TPSA) is 117 Å². The van der Waals surface area contributed by atoms with Crippen LogP contribution in [0.15, 0.2) is 94.7 Å². The Balaban J connectivity index is 0.000000170. The number of methoxy groups -OCH3 is 2. The van der Waals surface area contributed by atoms with Crippen molar-refractivity contribution in [1.82, 2.24) is 9.55 Å². The summed E-state index contributed by atoms with van der Waals surface area (Å²) in [4.78, 5) is 30.3.